The number of hydrogen-bond donors (Lipinski definition) is 2. The molecule has 0 saturated carbocycles. The lowest BCUT2D eigenvalue weighted by Gasteiger charge is -2.36. The molecule has 1 aromatic carbocycles. The molecule has 0 bridgehead atoms. The molecule has 1 saturated heterocycles. The summed E-state index contributed by atoms with van der Waals surface area (Å²) in [6.45, 7) is 8.44. The van der Waals surface area contributed by atoms with Crippen molar-refractivity contribution >= 4 is 57.6 Å². The maximum absolute atomic E-state index is 4.65. The number of fused-ring (bicyclic) bond motifs is 1. The number of aryl methyl sites for hydroxylation is 2. The van der Waals surface area contributed by atoms with Crippen LogP contribution < -0.4 is 10.2 Å². The Bertz CT molecular complexity index is 974. The van der Waals surface area contributed by atoms with Crippen LogP contribution in [0.25, 0.3) is 11.0 Å². The minimum atomic E-state index is 0. The van der Waals surface area contributed by atoms with E-state index in [9.17, 15) is 0 Å². The summed E-state index contributed by atoms with van der Waals surface area (Å²) < 4.78 is 4.40. The topological polar surface area (TPSA) is 85.3 Å². The fourth-order valence-electron chi connectivity index (χ4n) is 3.38. The SMILES string of the molecule is CCc1nsc(N2CCN(C(=NC)NCc3nc4ccc(C)cc4[nH]3)CC2)n1.I. The van der Waals surface area contributed by atoms with Gasteiger partial charge in [-0.2, -0.15) is 4.37 Å². The second-order valence-electron chi connectivity index (χ2n) is 6.93. The molecule has 1 aliphatic rings. The minimum Gasteiger partial charge on any atom is -0.349 e. The summed E-state index contributed by atoms with van der Waals surface area (Å²) in [6, 6.07) is 6.26. The largest absolute Gasteiger partial charge is 0.349 e. The van der Waals surface area contributed by atoms with E-state index in [2.05, 4.69) is 71.5 Å². The van der Waals surface area contributed by atoms with Gasteiger partial charge in [0.05, 0.1) is 17.6 Å². The first-order valence-corrected chi connectivity index (χ1v) is 10.4. The number of aromatic amines is 1. The molecule has 8 nitrogen and oxygen atoms in total. The normalized spacial score (nSPS) is 14.9. The van der Waals surface area contributed by atoms with E-state index in [0.717, 1.165) is 66.4 Å². The number of imidazole rings is 1. The van der Waals surface area contributed by atoms with E-state index in [4.69, 9.17) is 0 Å². The number of guanidine groups is 1. The van der Waals surface area contributed by atoms with E-state index in [0.29, 0.717) is 6.54 Å². The van der Waals surface area contributed by atoms with Gasteiger partial charge in [-0.3, -0.25) is 4.99 Å². The van der Waals surface area contributed by atoms with Crippen molar-refractivity contribution in [2.24, 2.45) is 4.99 Å². The lowest BCUT2D eigenvalue weighted by molar-refractivity contribution is 0.372. The highest BCUT2D eigenvalue weighted by molar-refractivity contribution is 14.0. The van der Waals surface area contributed by atoms with E-state index in [1.165, 1.54) is 17.1 Å². The average Bonchev–Trinajstić information content (AvgIpc) is 3.35. The zero-order chi connectivity index (χ0) is 19.5. The summed E-state index contributed by atoms with van der Waals surface area (Å²) in [6.07, 6.45) is 0.883. The number of piperazine rings is 1. The van der Waals surface area contributed by atoms with Crippen LogP contribution >= 0.6 is 35.5 Å². The van der Waals surface area contributed by atoms with E-state index < -0.39 is 0 Å². The number of rotatable bonds is 4. The van der Waals surface area contributed by atoms with Gasteiger partial charge in [0.2, 0.25) is 5.13 Å². The van der Waals surface area contributed by atoms with Crippen molar-refractivity contribution in [1.29, 1.82) is 0 Å². The van der Waals surface area contributed by atoms with Crippen LogP contribution in [0.1, 0.15) is 24.1 Å². The molecule has 0 radical (unpaired) electrons. The van der Waals surface area contributed by atoms with Crippen LogP contribution in [0.2, 0.25) is 0 Å². The maximum Gasteiger partial charge on any atom is 0.205 e. The first-order chi connectivity index (χ1) is 13.7. The van der Waals surface area contributed by atoms with Gasteiger partial charge in [0.25, 0.3) is 0 Å². The molecule has 4 rings (SSSR count). The Balaban J connectivity index is 0.00000240. The molecule has 0 amide bonds. The molecule has 0 aliphatic carbocycles. The number of hydrogen-bond acceptors (Lipinski definition) is 6. The van der Waals surface area contributed by atoms with Crippen LogP contribution in [0.15, 0.2) is 23.2 Å². The number of H-pyrrole nitrogens is 1. The van der Waals surface area contributed by atoms with Gasteiger partial charge in [-0.25, -0.2) is 9.97 Å². The van der Waals surface area contributed by atoms with Gasteiger partial charge >= 0.3 is 0 Å². The molecule has 29 heavy (non-hydrogen) atoms. The predicted molar refractivity (Wildman–Crippen MR) is 130 cm³/mol. The number of anilines is 1. The zero-order valence-corrected chi connectivity index (χ0v) is 20.1. The Labute approximate surface area is 192 Å². The highest BCUT2D eigenvalue weighted by Crippen LogP contribution is 2.19. The molecule has 2 N–H and O–H groups in total. The Morgan fingerprint density at radius 3 is 2.72 bits per heavy atom. The van der Waals surface area contributed by atoms with E-state index in [-0.39, 0.29) is 24.0 Å². The van der Waals surface area contributed by atoms with Crippen molar-refractivity contribution in [1.82, 2.24) is 29.5 Å². The molecule has 0 spiro atoms. The molecular weight excluding hydrogens is 499 g/mol. The molecule has 0 unspecified atom stereocenters. The third kappa shape index (κ3) is 4.97. The Morgan fingerprint density at radius 2 is 2.03 bits per heavy atom. The monoisotopic (exact) mass is 526 g/mol. The minimum absolute atomic E-state index is 0. The smallest absolute Gasteiger partial charge is 0.205 e. The van der Waals surface area contributed by atoms with Crippen LogP contribution in [0.3, 0.4) is 0 Å². The first kappa shape index (κ1) is 21.8. The number of nitrogens with zero attached hydrogens (tertiary/aromatic N) is 6. The highest BCUT2D eigenvalue weighted by atomic mass is 127. The fourth-order valence-corrected chi connectivity index (χ4v) is 4.18. The van der Waals surface area contributed by atoms with Gasteiger partial charge in [0.15, 0.2) is 5.96 Å². The van der Waals surface area contributed by atoms with Crippen LogP contribution in [0, 0.1) is 6.92 Å². The van der Waals surface area contributed by atoms with E-state index in [1.54, 1.807) is 0 Å². The van der Waals surface area contributed by atoms with Gasteiger partial charge < -0.3 is 20.1 Å². The second kappa shape index (κ2) is 9.70. The van der Waals surface area contributed by atoms with Crippen molar-refractivity contribution in [3.8, 4) is 0 Å². The third-order valence-corrected chi connectivity index (χ3v) is 5.75. The van der Waals surface area contributed by atoms with E-state index in [1.807, 2.05) is 7.05 Å². The van der Waals surface area contributed by atoms with Crippen molar-refractivity contribution in [3.63, 3.8) is 0 Å². The van der Waals surface area contributed by atoms with Gasteiger partial charge in [-0.05, 0) is 24.6 Å². The van der Waals surface area contributed by atoms with Gasteiger partial charge in [0.1, 0.15) is 11.6 Å². The molecule has 2 aromatic heterocycles. The lowest BCUT2D eigenvalue weighted by atomic mass is 10.2. The number of halogens is 1. The zero-order valence-electron chi connectivity index (χ0n) is 17.0. The molecule has 3 aromatic rings. The molecule has 156 valence electrons. The Hall–Kier alpha value is -1.95. The van der Waals surface area contributed by atoms with Gasteiger partial charge in [-0.15, -0.1) is 24.0 Å². The summed E-state index contributed by atoms with van der Waals surface area (Å²) in [5.74, 6) is 2.75. The van der Waals surface area contributed by atoms with Crippen molar-refractivity contribution < 1.29 is 0 Å². The van der Waals surface area contributed by atoms with Crippen LogP contribution in [-0.2, 0) is 13.0 Å². The van der Waals surface area contributed by atoms with Gasteiger partial charge in [-0.1, -0.05) is 13.0 Å². The molecular formula is C19H27IN8S. The summed E-state index contributed by atoms with van der Waals surface area (Å²) in [7, 11) is 1.83. The average molecular weight is 526 g/mol. The van der Waals surface area contributed by atoms with Crippen LogP contribution in [0.4, 0.5) is 5.13 Å². The highest BCUT2D eigenvalue weighted by Gasteiger charge is 2.22. The predicted octanol–water partition coefficient (Wildman–Crippen LogP) is 2.80. The maximum atomic E-state index is 4.65. The Kier molecular flexibility index (Phi) is 7.28. The van der Waals surface area contributed by atoms with Crippen molar-refractivity contribution in [2.45, 2.75) is 26.8 Å². The number of benzene rings is 1. The Morgan fingerprint density at radius 1 is 1.24 bits per heavy atom. The molecule has 1 fully saturated rings. The third-order valence-electron chi connectivity index (χ3n) is 4.94. The standard InChI is InChI=1S/C19H26N8S.HI/c1-4-16-24-19(28-25-16)27-9-7-26(8-10-27)18(20-3)21-12-17-22-14-6-5-13(2)11-15(14)23-17;/h5-6,11H,4,7-10,12H2,1-3H3,(H,20,21)(H,22,23);1H. The first-order valence-electron chi connectivity index (χ1n) is 9.64. The summed E-state index contributed by atoms with van der Waals surface area (Å²) in [4.78, 5) is 21.7. The fraction of sp³-hybridized carbons (Fsp3) is 0.474. The number of aliphatic imine (C=N–C) groups is 1. The summed E-state index contributed by atoms with van der Waals surface area (Å²) in [5.41, 5.74) is 3.30. The lowest BCUT2D eigenvalue weighted by Crippen LogP contribution is -2.52. The molecule has 3 heterocycles. The van der Waals surface area contributed by atoms with Crippen molar-refractivity contribution in [3.05, 3.63) is 35.4 Å². The second-order valence-corrected chi connectivity index (χ2v) is 7.66. The van der Waals surface area contributed by atoms with Crippen LogP contribution in [0.5, 0.6) is 0 Å². The number of aromatic nitrogens is 4. The van der Waals surface area contributed by atoms with Gasteiger partial charge in [0, 0.05) is 51.2 Å². The van der Waals surface area contributed by atoms with Crippen LogP contribution in [-0.4, -0.2) is 63.4 Å². The van der Waals surface area contributed by atoms with Crippen molar-refractivity contribution in [2.75, 3.05) is 38.1 Å². The van der Waals surface area contributed by atoms with E-state index >= 15 is 0 Å². The quantitative estimate of drug-likeness (QED) is 0.309. The molecule has 0 atom stereocenters. The summed E-state index contributed by atoms with van der Waals surface area (Å²) >= 11 is 1.49. The molecule has 1 aliphatic heterocycles. The molecule has 10 heteroatoms. The number of nitrogens with one attached hydrogen (secondary N) is 2. The summed E-state index contributed by atoms with van der Waals surface area (Å²) in [5, 5.41) is 4.46.